The van der Waals surface area contributed by atoms with Gasteiger partial charge in [-0.25, -0.2) is 10.2 Å². The Hall–Kier alpha value is -1.85. The maximum Gasteiger partial charge on any atom is 0.334 e. The van der Waals surface area contributed by atoms with Gasteiger partial charge in [-0.05, 0) is 32.6 Å². The van der Waals surface area contributed by atoms with Crippen LogP contribution in [0.5, 0.6) is 0 Å². The number of hydrogen-bond donors (Lipinski definition) is 2. The summed E-state index contributed by atoms with van der Waals surface area (Å²) in [5, 5.41) is 3.93. The van der Waals surface area contributed by atoms with Crippen LogP contribution in [-0.2, 0) is 9.59 Å². The zero-order chi connectivity index (χ0) is 19.7. The predicted octanol–water partition coefficient (Wildman–Crippen LogP) is 3.15. The van der Waals surface area contributed by atoms with Crippen molar-refractivity contribution in [1.29, 1.82) is 0 Å². The zero-order valence-corrected chi connectivity index (χ0v) is 17.0. The summed E-state index contributed by atoms with van der Waals surface area (Å²) in [4.78, 5) is 38.8. The summed E-state index contributed by atoms with van der Waals surface area (Å²) >= 11 is 0. The third-order valence-electron chi connectivity index (χ3n) is 8.73. The minimum Gasteiger partial charge on any atom is -0.334 e. The first-order valence-corrected chi connectivity index (χ1v) is 10.3. The Balaban J connectivity index is 1.56. The quantitative estimate of drug-likeness (QED) is 0.576. The van der Waals surface area contributed by atoms with Crippen LogP contribution in [0.1, 0.15) is 66.7 Å². The molecule has 2 bridgehead atoms. The normalized spacial score (nSPS) is 41.4. The lowest BCUT2D eigenvalue weighted by molar-refractivity contribution is -0.145. The van der Waals surface area contributed by atoms with Crippen LogP contribution < -0.4 is 10.7 Å². The Labute approximate surface area is 161 Å². The molecule has 148 valence electrons. The average molecular weight is 373 g/mol. The van der Waals surface area contributed by atoms with Crippen molar-refractivity contribution in [1.82, 2.24) is 15.8 Å². The van der Waals surface area contributed by atoms with E-state index in [4.69, 9.17) is 0 Å². The standard InChI is InChI=1S/C21H31N3O3/c1-11-12(2)21(5)13(3)20(11,4)15-16(21)18(26)24(17(15)25)23-19(27)22-14-9-7-6-8-10-14/h13-16H,6-10H2,1-5H3,(H2,22,23,27)/t13?,15-,16+,20-,21+. The maximum absolute atomic E-state index is 13.2. The van der Waals surface area contributed by atoms with Gasteiger partial charge in [0.05, 0.1) is 11.8 Å². The van der Waals surface area contributed by atoms with Gasteiger partial charge in [0, 0.05) is 16.9 Å². The van der Waals surface area contributed by atoms with Crippen molar-refractivity contribution in [3.05, 3.63) is 11.1 Å². The maximum atomic E-state index is 13.2. The molecular formula is C21H31N3O3. The Morgan fingerprint density at radius 3 is 1.93 bits per heavy atom. The van der Waals surface area contributed by atoms with E-state index in [-0.39, 0.29) is 46.4 Å². The van der Waals surface area contributed by atoms with Crippen molar-refractivity contribution < 1.29 is 14.4 Å². The fraction of sp³-hybridized carbons (Fsp3) is 0.762. The molecule has 1 aliphatic heterocycles. The molecule has 1 unspecified atom stereocenters. The molecule has 4 aliphatic rings. The summed E-state index contributed by atoms with van der Waals surface area (Å²) in [5.74, 6) is -1.05. The Bertz CT molecular complexity index is 710. The van der Waals surface area contributed by atoms with Gasteiger partial charge in [-0.3, -0.25) is 9.59 Å². The summed E-state index contributed by atoms with van der Waals surface area (Å²) in [5.41, 5.74) is 4.37. The molecule has 2 N–H and O–H groups in total. The lowest BCUT2D eigenvalue weighted by Crippen LogP contribution is -2.54. The summed E-state index contributed by atoms with van der Waals surface area (Å²) in [6, 6.07) is -0.316. The van der Waals surface area contributed by atoms with E-state index in [0.29, 0.717) is 0 Å². The first kappa shape index (κ1) is 18.5. The van der Waals surface area contributed by atoms with Crippen molar-refractivity contribution in [2.45, 2.75) is 72.8 Å². The van der Waals surface area contributed by atoms with Gasteiger partial charge in [0.15, 0.2) is 0 Å². The molecule has 6 heteroatoms. The minimum atomic E-state index is -0.444. The smallest absolute Gasteiger partial charge is 0.334 e. The van der Waals surface area contributed by atoms with Crippen LogP contribution in [0.15, 0.2) is 11.1 Å². The number of fused-ring (bicyclic) bond motifs is 5. The van der Waals surface area contributed by atoms with Gasteiger partial charge in [0.1, 0.15) is 0 Å². The molecule has 6 nitrogen and oxygen atoms in total. The number of rotatable bonds is 2. The van der Waals surface area contributed by atoms with E-state index in [1.54, 1.807) is 0 Å². The summed E-state index contributed by atoms with van der Waals surface area (Å²) in [6.07, 6.45) is 5.32. The number of amides is 4. The van der Waals surface area contributed by atoms with Crippen LogP contribution >= 0.6 is 0 Å². The number of nitrogens with zero attached hydrogens (tertiary/aromatic N) is 1. The molecule has 3 aliphatic carbocycles. The average Bonchev–Trinajstić information content (AvgIpc) is 3.05. The van der Waals surface area contributed by atoms with Crippen LogP contribution in [0, 0.1) is 28.6 Å². The molecule has 5 atom stereocenters. The SMILES string of the molecule is CC1=C(C)[C@]2(C)C(C)[C@@]1(C)[C@@H]1C(=O)N(NC(=O)NC3CCCCC3)C(=O)[C@@H]12. The molecule has 0 aromatic rings. The number of hydrogen-bond acceptors (Lipinski definition) is 3. The Morgan fingerprint density at radius 1 is 0.963 bits per heavy atom. The van der Waals surface area contributed by atoms with Gasteiger partial charge in [-0.2, -0.15) is 5.01 Å². The molecule has 0 aromatic heterocycles. The van der Waals surface area contributed by atoms with Crippen LogP contribution in [0.3, 0.4) is 0 Å². The van der Waals surface area contributed by atoms with E-state index in [2.05, 4.69) is 45.4 Å². The van der Waals surface area contributed by atoms with Crippen molar-refractivity contribution in [3.8, 4) is 0 Å². The first-order chi connectivity index (χ1) is 12.6. The lowest BCUT2D eigenvalue weighted by Gasteiger charge is -2.34. The Morgan fingerprint density at radius 2 is 1.44 bits per heavy atom. The van der Waals surface area contributed by atoms with Gasteiger partial charge in [0.2, 0.25) is 0 Å². The predicted molar refractivity (Wildman–Crippen MR) is 101 cm³/mol. The van der Waals surface area contributed by atoms with E-state index < -0.39 is 6.03 Å². The summed E-state index contributed by atoms with van der Waals surface area (Å²) < 4.78 is 0. The van der Waals surface area contributed by atoms with Crippen LogP contribution in [0.4, 0.5) is 4.79 Å². The van der Waals surface area contributed by atoms with Crippen molar-refractivity contribution >= 4 is 17.8 Å². The summed E-state index contributed by atoms with van der Waals surface area (Å²) in [6.45, 7) is 10.6. The van der Waals surface area contributed by atoms with E-state index in [0.717, 1.165) is 30.7 Å². The molecule has 0 aromatic carbocycles. The van der Waals surface area contributed by atoms with E-state index in [1.807, 2.05) is 0 Å². The third kappa shape index (κ3) is 2.15. The highest BCUT2D eigenvalue weighted by Gasteiger charge is 2.75. The van der Waals surface area contributed by atoms with E-state index >= 15 is 0 Å². The van der Waals surface area contributed by atoms with E-state index in [9.17, 15) is 14.4 Å². The third-order valence-corrected chi connectivity index (χ3v) is 8.73. The molecule has 2 saturated carbocycles. The second-order valence-corrected chi connectivity index (χ2v) is 9.42. The van der Waals surface area contributed by atoms with Crippen LogP contribution in [0.2, 0.25) is 0 Å². The van der Waals surface area contributed by atoms with Gasteiger partial charge in [-0.1, -0.05) is 51.2 Å². The topological polar surface area (TPSA) is 78.5 Å². The number of hydrazine groups is 1. The van der Waals surface area contributed by atoms with Gasteiger partial charge in [-0.15, -0.1) is 0 Å². The monoisotopic (exact) mass is 373 g/mol. The van der Waals surface area contributed by atoms with Gasteiger partial charge in [0.25, 0.3) is 11.8 Å². The zero-order valence-electron chi connectivity index (χ0n) is 17.0. The van der Waals surface area contributed by atoms with E-state index in [1.165, 1.54) is 17.6 Å². The second-order valence-electron chi connectivity index (χ2n) is 9.42. The highest BCUT2D eigenvalue weighted by Crippen LogP contribution is 2.73. The number of carbonyl (C=O) groups excluding carboxylic acids is 3. The largest absolute Gasteiger partial charge is 0.334 e. The lowest BCUT2D eigenvalue weighted by atomic mass is 9.66. The summed E-state index contributed by atoms with van der Waals surface area (Å²) in [7, 11) is 0. The van der Waals surface area contributed by atoms with Crippen LogP contribution in [0.25, 0.3) is 0 Å². The molecule has 1 heterocycles. The van der Waals surface area contributed by atoms with Gasteiger partial charge >= 0.3 is 6.03 Å². The van der Waals surface area contributed by atoms with Crippen molar-refractivity contribution in [3.63, 3.8) is 0 Å². The van der Waals surface area contributed by atoms with Crippen molar-refractivity contribution in [2.24, 2.45) is 28.6 Å². The van der Waals surface area contributed by atoms with Crippen LogP contribution in [-0.4, -0.2) is 28.9 Å². The minimum absolute atomic E-state index is 0.128. The fourth-order valence-corrected chi connectivity index (χ4v) is 6.64. The molecule has 27 heavy (non-hydrogen) atoms. The molecule has 4 rings (SSSR count). The number of nitrogens with one attached hydrogen (secondary N) is 2. The van der Waals surface area contributed by atoms with Gasteiger partial charge < -0.3 is 5.32 Å². The number of allylic oxidation sites excluding steroid dienone is 2. The highest BCUT2D eigenvalue weighted by molar-refractivity contribution is 6.08. The first-order valence-electron chi connectivity index (χ1n) is 10.3. The Kier molecular flexibility index (Phi) is 3.99. The molecular weight excluding hydrogens is 342 g/mol. The number of carbonyl (C=O) groups is 3. The second kappa shape index (κ2) is 5.82. The number of imide groups is 1. The molecule has 0 spiro atoms. The highest BCUT2D eigenvalue weighted by atomic mass is 16.2. The molecule has 0 radical (unpaired) electrons. The fourth-order valence-electron chi connectivity index (χ4n) is 6.64. The molecule has 3 fully saturated rings. The molecule has 4 amide bonds. The van der Waals surface area contributed by atoms with Crippen molar-refractivity contribution in [2.75, 3.05) is 0 Å². The number of urea groups is 1. The molecule has 1 saturated heterocycles.